The van der Waals surface area contributed by atoms with Crippen LogP contribution in [0.15, 0.2) is 42.6 Å². The van der Waals surface area contributed by atoms with Gasteiger partial charge in [-0.05, 0) is 38.0 Å². The maximum atomic E-state index is 13.0. The van der Waals surface area contributed by atoms with Gasteiger partial charge in [-0.2, -0.15) is 0 Å². The molecule has 0 radical (unpaired) electrons. The molecule has 2 rings (SSSR count). The van der Waals surface area contributed by atoms with Crippen molar-refractivity contribution in [1.82, 2.24) is 10.3 Å². The highest BCUT2D eigenvalue weighted by atomic mass is 16.7. The molecule has 12 heteroatoms. The van der Waals surface area contributed by atoms with Crippen LogP contribution in [0.25, 0.3) is 0 Å². The molecule has 3 unspecified atom stereocenters. The monoisotopic (exact) mass is 545 g/mol. The molecule has 0 aliphatic carbocycles. The lowest BCUT2D eigenvalue weighted by molar-refractivity contribution is -0.156. The van der Waals surface area contributed by atoms with Gasteiger partial charge in [0.25, 0.3) is 5.91 Å². The number of carbonyl (C=O) groups is 4. The number of nitrogens with one attached hydrogen (secondary N) is 2. The number of amides is 2. The first kappa shape index (κ1) is 30.9. The van der Waals surface area contributed by atoms with E-state index in [1.54, 1.807) is 32.9 Å². The van der Waals surface area contributed by atoms with Crippen molar-refractivity contribution < 1.29 is 43.2 Å². The molecule has 0 saturated heterocycles. The Hall–Kier alpha value is -4.35. The van der Waals surface area contributed by atoms with Crippen LogP contribution in [0, 0.1) is 11.8 Å². The number of benzene rings is 1. The van der Waals surface area contributed by atoms with Gasteiger partial charge in [-0.1, -0.05) is 45.9 Å². The number of pyridine rings is 1. The lowest BCUT2D eigenvalue weighted by Gasteiger charge is -2.29. The minimum absolute atomic E-state index is 0.0103. The number of nitrogens with zero attached hydrogens (tertiary/aromatic N) is 1. The summed E-state index contributed by atoms with van der Waals surface area (Å²) < 4.78 is 22.0. The Morgan fingerprint density at radius 1 is 0.949 bits per heavy atom. The maximum Gasteiger partial charge on any atom is 0.409 e. The van der Waals surface area contributed by atoms with E-state index >= 15 is 0 Å². The first-order chi connectivity index (χ1) is 18.4. The number of hydrogen-bond acceptors (Lipinski definition) is 9. The number of aromatic nitrogens is 1. The third kappa shape index (κ3) is 9.47. The molecule has 39 heavy (non-hydrogen) atoms. The molecule has 12 nitrogen and oxygen atoms in total. The topological polar surface area (TPSA) is 162 Å². The van der Waals surface area contributed by atoms with Crippen molar-refractivity contribution >= 4 is 29.6 Å². The van der Waals surface area contributed by atoms with E-state index in [-0.39, 0.29) is 23.0 Å². The highest BCUT2D eigenvalue weighted by Crippen LogP contribution is 2.28. The summed E-state index contributed by atoms with van der Waals surface area (Å²) in [6.07, 6.45) is -1.33. The Kier molecular flexibility index (Phi) is 11.5. The summed E-state index contributed by atoms with van der Waals surface area (Å²) in [6, 6.07) is 9.30. The van der Waals surface area contributed by atoms with Crippen molar-refractivity contribution in [2.24, 2.45) is 11.8 Å². The third-order valence-electron chi connectivity index (χ3n) is 5.38. The average Bonchev–Trinajstić information content (AvgIpc) is 2.87. The third-order valence-corrected chi connectivity index (χ3v) is 5.38. The molecular formula is C27H35N3O9. The second-order valence-electron chi connectivity index (χ2n) is 9.32. The molecule has 3 N–H and O–H groups in total. The summed E-state index contributed by atoms with van der Waals surface area (Å²) in [5.74, 6) is -2.18. The van der Waals surface area contributed by atoms with Crippen molar-refractivity contribution in [1.29, 1.82) is 0 Å². The van der Waals surface area contributed by atoms with Crippen LogP contribution in [0.5, 0.6) is 11.5 Å². The molecule has 0 fully saturated rings. The summed E-state index contributed by atoms with van der Waals surface area (Å²) in [6.45, 7) is 9.67. The van der Waals surface area contributed by atoms with Crippen LogP contribution < -0.4 is 20.1 Å². The number of esters is 2. The van der Waals surface area contributed by atoms with Gasteiger partial charge < -0.3 is 29.4 Å². The van der Waals surface area contributed by atoms with E-state index in [2.05, 4.69) is 15.6 Å². The minimum atomic E-state index is -1.42. The second-order valence-corrected chi connectivity index (χ2v) is 9.32. The first-order valence-electron chi connectivity index (χ1n) is 12.4. The fourth-order valence-electron chi connectivity index (χ4n) is 3.39. The van der Waals surface area contributed by atoms with Crippen molar-refractivity contribution in [2.45, 2.75) is 59.8 Å². The lowest BCUT2D eigenvalue weighted by Crippen LogP contribution is -2.44. The Morgan fingerprint density at radius 3 is 2.21 bits per heavy atom. The summed E-state index contributed by atoms with van der Waals surface area (Å²) >= 11 is 0. The fraction of sp³-hybridized carbons (Fsp3) is 0.444. The van der Waals surface area contributed by atoms with Gasteiger partial charge in [0.2, 0.25) is 6.79 Å². The number of hydrogen-bond donors (Lipinski definition) is 3. The normalized spacial score (nSPS) is 13.1. The zero-order chi connectivity index (χ0) is 29.1. The van der Waals surface area contributed by atoms with Crippen LogP contribution in [-0.2, 0) is 19.1 Å². The molecule has 2 amide bonds. The van der Waals surface area contributed by atoms with Gasteiger partial charge in [0, 0.05) is 6.20 Å². The van der Waals surface area contributed by atoms with Crippen LogP contribution in [-0.4, -0.2) is 59.1 Å². The highest BCUT2D eigenvalue weighted by Gasteiger charge is 2.30. The second kappa shape index (κ2) is 14.6. The summed E-state index contributed by atoms with van der Waals surface area (Å²) in [5.41, 5.74) is -0.438. The Morgan fingerprint density at radius 2 is 1.62 bits per heavy atom. The number of carbonyl (C=O) groups excluding carboxylic acids is 3. The Labute approximate surface area is 227 Å². The van der Waals surface area contributed by atoms with Crippen LogP contribution in [0.2, 0.25) is 0 Å². The van der Waals surface area contributed by atoms with E-state index in [0.29, 0.717) is 5.75 Å². The maximum absolute atomic E-state index is 13.0. The van der Waals surface area contributed by atoms with E-state index in [0.717, 1.165) is 0 Å². The van der Waals surface area contributed by atoms with Crippen LogP contribution in [0.3, 0.4) is 0 Å². The molecule has 0 saturated carbocycles. The zero-order valence-electron chi connectivity index (χ0n) is 22.8. The Balaban J connectivity index is 2.12. The van der Waals surface area contributed by atoms with Crippen LogP contribution >= 0.6 is 0 Å². The van der Waals surface area contributed by atoms with Crippen LogP contribution in [0.1, 0.15) is 52.0 Å². The first-order valence-corrected chi connectivity index (χ1v) is 12.4. The van der Waals surface area contributed by atoms with Gasteiger partial charge in [-0.15, -0.1) is 0 Å². The van der Waals surface area contributed by atoms with Gasteiger partial charge in [-0.25, -0.2) is 14.6 Å². The van der Waals surface area contributed by atoms with E-state index in [1.165, 1.54) is 19.2 Å². The predicted octanol–water partition coefficient (Wildman–Crippen LogP) is 3.86. The molecule has 0 bridgehead atoms. The largest absolute Gasteiger partial charge is 0.486 e. The molecule has 0 aliphatic heterocycles. The smallest absolute Gasteiger partial charge is 0.409 e. The standard InChI is InChI=1S/C27H35N3O9/c1-15(2)22(39-19-10-8-7-9-11-19)18(6)38-26(33)17(5)29-24(31)21-23(36-14-37-25(32)16(3)4)20(12-13-28-21)30-27(34)35/h7-13,15-18,22H,14H2,1-6H3,(H,28,30)(H,29,31)(H,34,35). The van der Waals surface area contributed by atoms with Gasteiger partial charge >= 0.3 is 18.0 Å². The number of carboxylic acid groups (broad SMARTS) is 1. The number of ether oxygens (including phenoxy) is 4. The molecule has 2 aromatic rings. The summed E-state index contributed by atoms with van der Waals surface area (Å²) in [4.78, 5) is 52.8. The average molecular weight is 546 g/mol. The molecule has 0 spiro atoms. The molecule has 212 valence electrons. The Bertz CT molecular complexity index is 1140. The minimum Gasteiger partial charge on any atom is -0.486 e. The van der Waals surface area contributed by atoms with Crippen molar-refractivity contribution in [3.05, 3.63) is 48.3 Å². The zero-order valence-corrected chi connectivity index (χ0v) is 22.8. The van der Waals surface area contributed by atoms with Gasteiger partial charge in [-0.3, -0.25) is 14.9 Å². The molecule has 1 aromatic carbocycles. The number of para-hydroxylation sites is 1. The highest BCUT2D eigenvalue weighted by molar-refractivity contribution is 6.00. The van der Waals surface area contributed by atoms with E-state index in [1.807, 2.05) is 32.0 Å². The SMILES string of the molecule is CC(C)C(=O)OCOc1c(NC(=O)O)ccnc1C(=O)NC(C)C(=O)OC(C)C(Oc1ccccc1)C(C)C. The van der Waals surface area contributed by atoms with Gasteiger partial charge in [0.05, 0.1) is 11.6 Å². The fourth-order valence-corrected chi connectivity index (χ4v) is 3.39. The lowest BCUT2D eigenvalue weighted by atomic mass is 10.0. The molecule has 1 heterocycles. The quantitative estimate of drug-likeness (QED) is 0.249. The van der Waals surface area contributed by atoms with E-state index < -0.39 is 54.9 Å². The van der Waals surface area contributed by atoms with Crippen LogP contribution in [0.4, 0.5) is 10.5 Å². The van der Waals surface area contributed by atoms with Crippen molar-refractivity contribution in [2.75, 3.05) is 12.1 Å². The molecule has 3 atom stereocenters. The number of anilines is 1. The number of rotatable bonds is 13. The molecule has 1 aromatic heterocycles. The van der Waals surface area contributed by atoms with E-state index in [4.69, 9.17) is 24.1 Å². The van der Waals surface area contributed by atoms with Gasteiger partial charge in [0.15, 0.2) is 11.4 Å². The van der Waals surface area contributed by atoms with Crippen molar-refractivity contribution in [3.63, 3.8) is 0 Å². The molecular weight excluding hydrogens is 510 g/mol. The van der Waals surface area contributed by atoms with Gasteiger partial charge in [0.1, 0.15) is 24.0 Å². The molecule has 0 aliphatic rings. The van der Waals surface area contributed by atoms with Crippen molar-refractivity contribution in [3.8, 4) is 11.5 Å². The predicted molar refractivity (Wildman–Crippen MR) is 140 cm³/mol. The summed E-state index contributed by atoms with van der Waals surface area (Å²) in [7, 11) is 0. The summed E-state index contributed by atoms with van der Waals surface area (Å²) in [5, 5.41) is 13.7. The van der Waals surface area contributed by atoms with E-state index in [9.17, 15) is 19.2 Å².